The topological polar surface area (TPSA) is 29.5 Å². The fourth-order valence-electron chi connectivity index (χ4n) is 1.13. The first-order valence-electron chi connectivity index (χ1n) is 5.51. The molecule has 0 rings (SSSR count). The minimum absolute atomic E-state index is 0.243. The van der Waals surface area contributed by atoms with Crippen LogP contribution in [0.2, 0.25) is 0 Å². The van der Waals surface area contributed by atoms with Gasteiger partial charge < -0.3 is 9.64 Å². The van der Waals surface area contributed by atoms with Gasteiger partial charge in [0.15, 0.2) is 0 Å². The van der Waals surface area contributed by atoms with Crippen LogP contribution in [-0.4, -0.2) is 29.7 Å². The van der Waals surface area contributed by atoms with E-state index in [2.05, 4.69) is 13.2 Å². The summed E-state index contributed by atoms with van der Waals surface area (Å²) in [5, 5.41) is 0. The Hall–Kier alpha value is -1.25. The minimum Gasteiger partial charge on any atom is -0.444 e. The number of hydrogen-bond acceptors (Lipinski definition) is 2. The Labute approximate surface area is 98.8 Å². The fraction of sp³-hybridized carbons (Fsp3) is 0.615. The van der Waals surface area contributed by atoms with Crippen LogP contribution < -0.4 is 0 Å². The number of carbonyl (C=O) groups is 1. The van der Waals surface area contributed by atoms with Gasteiger partial charge in [0, 0.05) is 13.1 Å². The monoisotopic (exact) mass is 225 g/mol. The van der Waals surface area contributed by atoms with Gasteiger partial charge in [0.2, 0.25) is 0 Å². The summed E-state index contributed by atoms with van der Waals surface area (Å²) in [4.78, 5) is 13.5. The number of nitrogens with zero attached hydrogens (tertiary/aromatic N) is 1. The third-order valence-electron chi connectivity index (χ3n) is 1.91. The van der Waals surface area contributed by atoms with E-state index in [0.29, 0.717) is 13.1 Å². The van der Waals surface area contributed by atoms with Crippen LogP contribution in [0, 0.1) is 5.92 Å². The zero-order valence-electron chi connectivity index (χ0n) is 10.8. The molecular formula is C13H23NO2. The number of carbonyl (C=O) groups excluding carboxylic acids is 1. The molecule has 0 fully saturated rings. The first kappa shape index (κ1) is 14.8. The summed E-state index contributed by atoms with van der Waals surface area (Å²) in [5.41, 5.74) is -0.464. The predicted molar refractivity (Wildman–Crippen MR) is 67.4 cm³/mol. The van der Waals surface area contributed by atoms with E-state index in [0.717, 1.165) is 0 Å². The van der Waals surface area contributed by atoms with Gasteiger partial charge in [0.1, 0.15) is 5.60 Å². The van der Waals surface area contributed by atoms with E-state index in [1.54, 1.807) is 11.0 Å². The highest BCUT2D eigenvalue weighted by Crippen LogP contribution is 2.11. The van der Waals surface area contributed by atoms with Crippen LogP contribution in [0.5, 0.6) is 0 Å². The van der Waals surface area contributed by atoms with Crippen molar-refractivity contribution in [3.8, 4) is 0 Å². The Balaban J connectivity index is 4.46. The Morgan fingerprint density at radius 1 is 1.44 bits per heavy atom. The number of ether oxygens (including phenoxy) is 1. The lowest BCUT2D eigenvalue weighted by atomic mass is 10.1. The summed E-state index contributed by atoms with van der Waals surface area (Å²) in [5.74, 6) is 0.243. The van der Waals surface area contributed by atoms with Crippen molar-refractivity contribution in [1.29, 1.82) is 0 Å². The Morgan fingerprint density at radius 2 is 2.00 bits per heavy atom. The average Bonchev–Trinajstić information content (AvgIpc) is 2.14. The van der Waals surface area contributed by atoms with Crippen LogP contribution in [-0.2, 0) is 4.74 Å². The fourth-order valence-corrected chi connectivity index (χ4v) is 1.13. The Kier molecular flexibility index (Phi) is 5.86. The SMILES string of the molecule is C=CCN(CC(C)C=C)C(=O)OC(C)(C)C. The van der Waals surface area contributed by atoms with Crippen LogP contribution in [0.3, 0.4) is 0 Å². The van der Waals surface area contributed by atoms with Crippen molar-refractivity contribution in [3.63, 3.8) is 0 Å². The summed E-state index contributed by atoms with van der Waals surface area (Å²) in [6.45, 7) is 16.0. The van der Waals surface area contributed by atoms with Crippen molar-refractivity contribution in [2.75, 3.05) is 13.1 Å². The molecule has 0 N–H and O–H groups in total. The molecular weight excluding hydrogens is 202 g/mol. The van der Waals surface area contributed by atoms with Crippen LogP contribution in [0.25, 0.3) is 0 Å². The number of rotatable bonds is 5. The van der Waals surface area contributed by atoms with Gasteiger partial charge in [-0.2, -0.15) is 0 Å². The molecule has 16 heavy (non-hydrogen) atoms. The second-order valence-corrected chi connectivity index (χ2v) is 4.89. The third kappa shape index (κ3) is 6.27. The zero-order valence-corrected chi connectivity index (χ0v) is 10.8. The van der Waals surface area contributed by atoms with Crippen LogP contribution >= 0.6 is 0 Å². The van der Waals surface area contributed by atoms with E-state index in [1.807, 2.05) is 33.8 Å². The molecule has 0 aliphatic rings. The van der Waals surface area contributed by atoms with Gasteiger partial charge >= 0.3 is 6.09 Å². The highest BCUT2D eigenvalue weighted by Gasteiger charge is 2.21. The molecule has 0 saturated heterocycles. The lowest BCUT2D eigenvalue weighted by molar-refractivity contribution is 0.0258. The van der Waals surface area contributed by atoms with Crippen molar-refractivity contribution < 1.29 is 9.53 Å². The zero-order chi connectivity index (χ0) is 12.8. The molecule has 0 aromatic rings. The molecule has 1 atom stereocenters. The van der Waals surface area contributed by atoms with Gasteiger partial charge in [-0.3, -0.25) is 0 Å². The molecule has 1 unspecified atom stereocenters. The largest absolute Gasteiger partial charge is 0.444 e. The van der Waals surface area contributed by atoms with Crippen LogP contribution in [0.4, 0.5) is 4.79 Å². The molecule has 0 radical (unpaired) electrons. The molecule has 0 spiro atoms. The Bertz CT molecular complexity index is 253. The van der Waals surface area contributed by atoms with Crippen LogP contribution in [0.15, 0.2) is 25.3 Å². The molecule has 92 valence electrons. The summed E-state index contributed by atoms with van der Waals surface area (Å²) in [7, 11) is 0. The molecule has 0 heterocycles. The maximum atomic E-state index is 11.8. The van der Waals surface area contributed by atoms with Crippen molar-refractivity contribution >= 4 is 6.09 Å². The molecule has 0 aromatic carbocycles. The lowest BCUT2D eigenvalue weighted by Crippen LogP contribution is -2.39. The second kappa shape index (κ2) is 6.36. The summed E-state index contributed by atoms with van der Waals surface area (Å²) in [6.07, 6.45) is 3.21. The van der Waals surface area contributed by atoms with E-state index in [-0.39, 0.29) is 12.0 Å². The Morgan fingerprint density at radius 3 is 2.38 bits per heavy atom. The van der Waals surface area contributed by atoms with E-state index in [4.69, 9.17) is 4.74 Å². The van der Waals surface area contributed by atoms with Crippen molar-refractivity contribution in [3.05, 3.63) is 25.3 Å². The molecule has 0 aromatic heterocycles. The van der Waals surface area contributed by atoms with Gasteiger partial charge in [-0.1, -0.05) is 19.1 Å². The maximum Gasteiger partial charge on any atom is 0.410 e. The second-order valence-electron chi connectivity index (χ2n) is 4.89. The van der Waals surface area contributed by atoms with Crippen molar-refractivity contribution in [2.24, 2.45) is 5.92 Å². The molecule has 0 aliphatic heterocycles. The normalized spacial score (nSPS) is 12.8. The van der Waals surface area contributed by atoms with Crippen molar-refractivity contribution in [1.82, 2.24) is 4.90 Å². The highest BCUT2D eigenvalue weighted by molar-refractivity contribution is 5.68. The van der Waals surface area contributed by atoms with Crippen LogP contribution in [0.1, 0.15) is 27.7 Å². The number of amides is 1. The lowest BCUT2D eigenvalue weighted by Gasteiger charge is -2.27. The van der Waals surface area contributed by atoms with E-state index in [1.165, 1.54) is 0 Å². The summed E-state index contributed by atoms with van der Waals surface area (Å²) in [6, 6.07) is 0. The predicted octanol–water partition coefficient (Wildman–Crippen LogP) is 3.23. The molecule has 0 bridgehead atoms. The highest BCUT2D eigenvalue weighted by atomic mass is 16.6. The summed E-state index contributed by atoms with van der Waals surface area (Å²) < 4.78 is 5.30. The average molecular weight is 225 g/mol. The molecule has 3 heteroatoms. The molecule has 3 nitrogen and oxygen atoms in total. The molecule has 1 amide bonds. The van der Waals surface area contributed by atoms with Crippen molar-refractivity contribution in [2.45, 2.75) is 33.3 Å². The quantitative estimate of drug-likeness (QED) is 0.672. The maximum absolute atomic E-state index is 11.8. The van der Waals surface area contributed by atoms with Gasteiger partial charge in [-0.15, -0.1) is 13.2 Å². The molecule has 0 saturated carbocycles. The van der Waals surface area contributed by atoms with Gasteiger partial charge in [-0.25, -0.2) is 4.79 Å². The smallest absolute Gasteiger partial charge is 0.410 e. The minimum atomic E-state index is -0.464. The van der Waals surface area contributed by atoms with E-state index >= 15 is 0 Å². The molecule has 0 aliphatic carbocycles. The first-order chi connectivity index (χ1) is 7.30. The number of hydrogen-bond donors (Lipinski definition) is 0. The van der Waals surface area contributed by atoms with Gasteiger partial charge in [0.25, 0.3) is 0 Å². The van der Waals surface area contributed by atoms with E-state index < -0.39 is 5.60 Å². The standard InChI is InChI=1S/C13H23NO2/c1-7-9-14(10-11(3)8-2)12(15)16-13(4,5)6/h7-8,11H,1-2,9-10H2,3-6H3. The van der Waals surface area contributed by atoms with Gasteiger partial charge in [0.05, 0.1) is 0 Å². The summed E-state index contributed by atoms with van der Waals surface area (Å²) >= 11 is 0. The van der Waals surface area contributed by atoms with Gasteiger partial charge in [-0.05, 0) is 26.7 Å². The van der Waals surface area contributed by atoms with E-state index in [9.17, 15) is 4.79 Å². The first-order valence-corrected chi connectivity index (χ1v) is 5.51. The third-order valence-corrected chi connectivity index (χ3v) is 1.91.